The quantitative estimate of drug-likeness (QED) is 0.256. The van der Waals surface area contributed by atoms with E-state index in [2.05, 4.69) is 5.32 Å². The number of carbonyl (C=O) groups is 2. The Morgan fingerprint density at radius 2 is 1.47 bits per heavy atom. The molecule has 0 heterocycles. The van der Waals surface area contributed by atoms with E-state index in [1.165, 1.54) is 0 Å². The lowest BCUT2D eigenvalue weighted by Crippen LogP contribution is -2.31. The maximum Gasteiger partial charge on any atom is 0.404 e. The predicted octanol–water partition coefficient (Wildman–Crippen LogP) is 5.68. The number of unbranched alkanes of at least 4 members (excludes halogenated alkanes) is 1. The zero-order chi connectivity index (χ0) is 24.2. The van der Waals surface area contributed by atoms with Crippen LogP contribution in [0.2, 0.25) is 0 Å². The van der Waals surface area contributed by atoms with Crippen LogP contribution in [0.25, 0.3) is 0 Å². The first-order chi connectivity index (χ1) is 16.5. The molecule has 8 heteroatoms. The van der Waals surface area contributed by atoms with Crippen LogP contribution in [0, 0.1) is 0 Å². The van der Waals surface area contributed by atoms with Crippen LogP contribution in [0.15, 0.2) is 78.9 Å². The Labute approximate surface area is 203 Å². The number of hydrogen-bond acceptors (Lipinski definition) is 4. The van der Waals surface area contributed by atoms with E-state index in [1.54, 1.807) is 4.90 Å². The molecule has 3 rings (SSSR count). The second kappa shape index (κ2) is 13.1. The number of anilines is 1. The first kappa shape index (κ1) is 24.9. The number of carboxylic acid groups (broad SMARTS) is 1. The number of benzene rings is 3. The number of carbonyl (C=O) groups excluding carboxylic acids is 1. The highest BCUT2D eigenvalue weighted by molar-refractivity contribution is 6.29. The Morgan fingerprint density at radius 1 is 0.853 bits per heavy atom. The van der Waals surface area contributed by atoms with Crippen molar-refractivity contribution in [2.75, 3.05) is 23.9 Å². The van der Waals surface area contributed by atoms with E-state index in [9.17, 15) is 9.59 Å². The van der Waals surface area contributed by atoms with Crippen molar-refractivity contribution < 1.29 is 24.2 Å². The van der Waals surface area contributed by atoms with Crippen LogP contribution in [0.4, 0.5) is 10.5 Å². The molecule has 0 aliphatic carbocycles. The number of halogens is 1. The highest BCUT2D eigenvalue weighted by Gasteiger charge is 2.15. The molecule has 0 spiro atoms. The minimum atomic E-state index is -1.01. The monoisotopic (exact) mass is 482 g/mol. The zero-order valence-electron chi connectivity index (χ0n) is 18.7. The Balaban J connectivity index is 1.53. The summed E-state index contributed by atoms with van der Waals surface area (Å²) in [6.45, 7) is 1.35. The smallest absolute Gasteiger partial charge is 0.404 e. The summed E-state index contributed by atoms with van der Waals surface area (Å²) in [4.78, 5) is 24.4. The van der Waals surface area contributed by atoms with Crippen LogP contribution in [0.3, 0.4) is 0 Å². The van der Waals surface area contributed by atoms with Gasteiger partial charge in [-0.2, -0.15) is 0 Å². The molecule has 0 fully saturated rings. The summed E-state index contributed by atoms with van der Waals surface area (Å²) in [7, 11) is 0. The van der Waals surface area contributed by atoms with Crippen molar-refractivity contribution in [2.45, 2.75) is 19.4 Å². The van der Waals surface area contributed by atoms with Crippen LogP contribution >= 0.6 is 11.6 Å². The van der Waals surface area contributed by atoms with E-state index < -0.39 is 6.09 Å². The molecule has 178 valence electrons. The minimum absolute atomic E-state index is 0.0985. The van der Waals surface area contributed by atoms with Crippen LogP contribution in [0.1, 0.15) is 18.4 Å². The van der Waals surface area contributed by atoms with Crippen molar-refractivity contribution in [3.05, 3.63) is 84.4 Å². The standard InChI is InChI=1S/C26H27ClN2O5/c27-18-25(30)29(19-20-6-2-1-3-7-20)21-8-10-23(11-9-21)34-24-14-12-22(13-15-24)33-17-5-4-16-28-26(31)32/h1-3,6-15,28H,4-5,16-19H2,(H,31,32). The van der Waals surface area contributed by atoms with Crippen LogP contribution < -0.4 is 19.7 Å². The van der Waals surface area contributed by atoms with Gasteiger partial charge in [-0.3, -0.25) is 4.79 Å². The fourth-order valence-electron chi connectivity index (χ4n) is 3.21. The van der Waals surface area contributed by atoms with Gasteiger partial charge in [0.05, 0.1) is 13.2 Å². The molecule has 0 bridgehead atoms. The molecule has 0 unspecified atom stereocenters. The van der Waals surface area contributed by atoms with Gasteiger partial charge >= 0.3 is 6.09 Å². The normalized spacial score (nSPS) is 10.4. The molecule has 0 atom stereocenters. The van der Waals surface area contributed by atoms with Crippen molar-refractivity contribution in [3.63, 3.8) is 0 Å². The summed E-state index contributed by atoms with van der Waals surface area (Å²) in [6.07, 6.45) is 0.445. The molecule has 3 aromatic carbocycles. The van der Waals surface area contributed by atoms with Crippen molar-refractivity contribution >= 4 is 29.3 Å². The van der Waals surface area contributed by atoms with Gasteiger partial charge in [0.15, 0.2) is 0 Å². The largest absolute Gasteiger partial charge is 0.494 e. The van der Waals surface area contributed by atoms with E-state index in [0.29, 0.717) is 43.4 Å². The third-order valence-electron chi connectivity index (χ3n) is 4.92. The molecule has 34 heavy (non-hydrogen) atoms. The highest BCUT2D eigenvalue weighted by atomic mass is 35.5. The van der Waals surface area contributed by atoms with E-state index in [0.717, 1.165) is 17.7 Å². The fourth-order valence-corrected chi connectivity index (χ4v) is 3.35. The lowest BCUT2D eigenvalue weighted by atomic mass is 10.2. The SMILES string of the molecule is O=C(O)NCCCCOc1ccc(Oc2ccc(N(Cc3ccccc3)C(=O)CCl)cc2)cc1. The molecule has 0 saturated heterocycles. The number of rotatable bonds is 12. The van der Waals surface area contributed by atoms with Crippen molar-refractivity contribution in [1.82, 2.24) is 5.32 Å². The first-order valence-corrected chi connectivity index (χ1v) is 11.5. The molecule has 0 aromatic heterocycles. The number of nitrogens with zero attached hydrogens (tertiary/aromatic N) is 1. The number of ether oxygens (including phenoxy) is 2. The minimum Gasteiger partial charge on any atom is -0.494 e. The number of hydrogen-bond donors (Lipinski definition) is 2. The first-order valence-electron chi connectivity index (χ1n) is 10.9. The topological polar surface area (TPSA) is 88.1 Å². The van der Waals surface area contributed by atoms with Gasteiger partial charge in [0.2, 0.25) is 5.91 Å². The molecule has 0 aliphatic rings. The van der Waals surface area contributed by atoms with Gasteiger partial charge < -0.3 is 24.8 Å². The van der Waals surface area contributed by atoms with Gasteiger partial charge in [0, 0.05) is 12.2 Å². The molecule has 2 amide bonds. The predicted molar refractivity (Wildman–Crippen MR) is 132 cm³/mol. The second-order valence-electron chi connectivity index (χ2n) is 7.45. The number of nitrogens with one attached hydrogen (secondary N) is 1. The third-order valence-corrected chi connectivity index (χ3v) is 5.15. The number of alkyl halides is 1. The van der Waals surface area contributed by atoms with Gasteiger partial charge in [0.1, 0.15) is 23.1 Å². The molecule has 2 N–H and O–H groups in total. The maximum absolute atomic E-state index is 12.4. The Kier molecular flexibility index (Phi) is 9.61. The Bertz CT molecular complexity index is 1040. The van der Waals surface area contributed by atoms with Gasteiger partial charge in [-0.15, -0.1) is 11.6 Å². The zero-order valence-corrected chi connectivity index (χ0v) is 19.4. The summed E-state index contributed by atoms with van der Waals surface area (Å²) in [6, 6.07) is 24.3. The fraction of sp³-hybridized carbons (Fsp3) is 0.231. The molecule has 3 aromatic rings. The molecular formula is C26H27ClN2O5. The Hall–Kier alpha value is -3.71. The van der Waals surface area contributed by atoms with Gasteiger partial charge in [-0.25, -0.2) is 4.79 Å². The molecule has 7 nitrogen and oxygen atoms in total. The van der Waals surface area contributed by atoms with Gasteiger partial charge in [-0.05, 0) is 66.9 Å². The average molecular weight is 483 g/mol. The summed E-state index contributed by atoms with van der Waals surface area (Å²) in [5.41, 5.74) is 1.75. The molecule has 0 saturated carbocycles. The van der Waals surface area contributed by atoms with Crippen molar-refractivity contribution in [2.24, 2.45) is 0 Å². The molecule has 0 aliphatic heterocycles. The van der Waals surface area contributed by atoms with E-state index in [-0.39, 0.29) is 11.8 Å². The molecule has 0 radical (unpaired) electrons. The van der Waals surface area contributed by atoms with E-state index >= 15 is 0 Å². The van der Waals surface area contributed by atoms with E-state index in [1.807, 2.05) is 78.9 Å². The maximum atomic E-state index is 12.4. The summed E-state index contributed by atoms with van der Waals surface area (Å²) in [5, 5.41) is 10.9. The van der Waals surface area contributed by atoms with E-state index in [4.69, 9.17) is 26.2 Å². The molecular weight excluding hydrogens is 456 g/mol. The van der Waals surface area contributed by atoms with Crippen molar-refractivity contribution in [1.29, 1.82) is 0 Å². The van der Waals surface area contributed by atoms with Crippen LogP contribution in [-0.2, 0) is 11.3 Å². The highest BCUT2D eigenvalue weighted by Crippen LogP contribution is 2.27. The van der Waals surface area contributed by atoms with Gasteiger partial charge in [0.25, 0.3) is 0 Å². The van der Waals surface area contributed by atoms with Crippen molar-refractivity contribution in [3.8, 4) is 17.2 Å². The van der Waals surface area contributed by atoms with Gasteiger partial charge in [-0.1, -0.05) is 30.3 Å². The van der Waals surface area contributed by atoms with Crippen LogP contribution in [-0.4, -0.2) is 36.1 Å². The average Bonchev–Trinajstić information content (AvgIpc) is 2.86. The third kappa shape index (κ3) is 8.01. The lowest BCUT2D eigenvalue weighted by Gasteiger charge is -2.22. The summed E-state index contributed by atoms with van der Waals surface area (Å²) >= 11 is 5.83. The van der Waals surface area contributed by atoms with Crippen LogP contribution in [0.5, 0.6) is 17.2 Å². The summed E-state index contributed by atoms with van der Waals surface area (Å²) < 4.78 is 11.6. The lowest BCUT2D eigenvalue weighted by molar-refractivity contribution is -0.116. The second-order valence-corrected chi connectivity index (χ2v) is 7.72. The Morgan fingerprint density at radius 3 is 2.09 bits per heavy atom. The number of amides is 2. The summed E-state index contributed by atoms with van der Waals surface area (Å²) in [5.74, 6) is 1.74.